The summed E-state index contributed by atoms with van der Waals surface area (Å²) in [5, 5.41) is 35.5. The van der Waals surface area contributed by atoms with Crippen molar-refractivity contribution in [2.24, 2.45) is 0 Å². The lowest BCUT2D eigenvalue weighted by Crippen LogP contribution is -2.27. The summed E-state index contributed by atoms with van der Waals surface area (Å²) >= 11 is 0. The first kappa shape index (κ1) is 29.1. The first-order valence-corrected chi connectivity index (χ1v) is 13.5. The number of aromatic hydroxyl groups is 1. The fraction of sp³-hybridized carbons (Fsp3) is 0.182. The summed E-state index contributed by atoms with van der Waals surface area (Å²) in [6, 6.07) is 26.0. The summed E-state index contributed by atoms with van der Waals surface area (Å²) in [6.45, 7) is 0.335. The maximum absolute atomic E-state index is 13.9. The fourth-order valence-electron chi connectivity index (χ4n) is 4.94. The molecule has 0 unspecified atom stereocenters. The van der Waals surface area contributed by atoms with Crippen LogP contribution in [0, 0.1) is 11.3 Å². The van der Waals surface area contributed by atoms with Crippen LogP contribution in [0.3, 0.4) is 0 Å². The van der Waals surface area contributed by atoms with Crippen LogP contribution in [0.1, 0.15) is 5.56 Å². The van der Waals surface area contributed by atoms with Crippen LogP contribution in [0.2, 0.25) is 0 Å². The summed E-state index contributed by atoms with van der Waals surface area (Å²) in [6.07, 6.45) is 1.74. The molecule has 5 aromatic rings. The molecule has 218 valence electrons. The lowest BCUT2D eigenvalue weighted by molar-refractivity contribution is 0.0867. The highest BCUT2D eigenvalue weighted by Crippen LogP contribution is 2.46. The number of phenolic OH excluding ortho intramolecular Hbond substituents is 1. The van der Waals surface area contributed by atoms with Crippen molar-refractivity contribution in [2.45, 2.75) is 6.54 Å². The van der Waals surface area contributed by atoms with E-state index in [0.29, 0.717) is 33.8 Å². The minimum atomic E-state index is -0.499. The van der Waals surface area contributed by atoms with Crippen LogP contribution in [0.5, 0.6) is 17.2 Å². The predicted octanol–water partition coefficient (Wildman–Crippen LogP) is 4.64. The molecular weight excluding hydrogens is 548 g/mol. The van der Waals surface area contributed by atoms with E-state index in [1.54, 1.807) is 29.1 Å². The number of rotatable bonds is 11. The Hall–Kier alpha value is -5.37. The molecule has 0 amide bonds. The average molecular weight is 579 g/mol. The van der Waals surface area contributed by atoms with E-state index in [1.165, 1.54) is 18.8 Å². The lowest BCUT2D eigenvalue weighted by atomic mass is 9.96. The number of para-hydroxylation sites is 1. The van der Waals surface area contributed by atoms with Gasteiger partial charge < -0.3 is 29.0 Å². The van der Waals surface area contributed by atoms with Crippen molar-refractivity contribution in [1.29, 1.82) is 5.26 Å². The monoisotopic (exact) mass is 578 g/mol. The predicted molar refractivity (Wildman–Crippen MR) is 162 cm³/mol. The Labute approximate surface area is 248 Å². The number of aromatic nitrogens is 3. The Morgan fingerprint density at radius 2 is 1.63 bits per heavy atom. The van der Waals surface area contributed by atoms with Gasteiger partial charge in [0.05, 0.1) is 45.4 Å². The lowest BCUT2D eigenvalue weighted by Gasteiger charge is -2.17. The minimum absolute atomic E-state index is 0.0873. The molecule has 0 saturated heterocycles. The number of pyridine rings is 1. The number of nitriles is 1. The molecule has 0 atom stereocenters. The molecule has 10 nitrogen and oxygen atoms in total. The van der Waals surface area contributed by atoms with Gasteiger partial charge in [-0.2, -0.15) is 10.4 Å². The van der Waals surface area contributed by atoms with Gasteiger partial charge in [-0.3, -0.25) is 4.79 Å². The third kappa shape index (κ3) is 5.72. The highest BCUT2D eigenvalue weighted by molar-refractivity contribution is 5.88. The van der Waals surface area contributed by atoms with Crippen molar-refractivity contribution in [3.8, 4) is 62.6 Å². The van der Waals surface area contributed by atoms with Crippen molar-refractivity contribution in [3.05, 3.63) is 101 Å². The molecule has 10 heteroatoms. The summed E-state index contributed by atoms with van der Waals surface area (Å²) in [7, 11) is 2.90. The highest BCUT2D eigenvalue weighted by atomic mass is 16.5. The van der Waals surface area contributed by atoms with Crippen LogP contribution < -0.4 is 15.0 Å². The Kier molecular flexibility index (Phi) is 8.86. The van der Waals surface area contributed by atoms with E-state index < -0.39 is 5.56 Å². The molecule has 0 spiro atoms. The van der Waals surface area contributed by atoms with Gasteiger partial charge >= 0.3 is 0 Å². The molecule has 0 aliphatic heterocycles. The molecule has 0 aliphatic carbocycles. The minimum Gasteiger partial charge on any atom is -0.504 e. The molecule has 0 saturated carbocycles. The van der Waals surface area contributed by atoms with Crippen LogP contribution >= 0.6 is 0 Å². The van der Waals surface area contributed by atoms with Gasteiger partial charge in [-0.25, -0.2) is 4.68 Å². The normalized spacial score (nSPS) is 10.8. The zero-order valence-electron chi connectivity index (χ0n) is 23.7. The van der Waals surface area contributed by atoms with Crippen molar-refractivity contribution in [3.63, 3.8) is 0 Å². The molecule has 0 aliphatic rings. The zero-order chi connectivity index (χ0) is 30.3. The number of ether oxygens (including phenoxy) is 3. The third-order valence-electron chi connectivity index (χ3n) is 6.98. The zero-order valence-corrected chi connectivity index (χ0v) is 23.7. The molecular formula is C33H30N4O6. The smallest absolute Gasteiger partial charge is 0.269 e. The van der Waals surface area contributed by atoms with Gasteiger partial charge in [0.25, 0.3) is 5.56 Å². The standard InChI is InChI=1S/C33H30N4O6/c1-41-29-14-13-24(31(39)32(29)42-2)30-27(21-37(35-30)23-11-7-4-8-12-23)25-19-28(22-9-5-3-6-10-22)36(15-17-43-18-16-38)33(40)26(25)20-34/h3-14,19,21,38-39H,15-18H2,1-2H3. The van der Waals surface area contributed by atoms with E-state index in [0.717, 1.165) is 11.3 Å². The summed E-state index contributed by atoms with van der Waals surface area (Å²) in [5.41, 5.74) is 2.96. The van der Waals surface area contributed by atoms with Gasteiger partial charge in [0.1, 0.15) is 17.3 Å². The number of hydrogen-bond acceptors (Lipinski definition) is 8. The Balaban J connectivity index is 1.80. The number of aliphatic hydroxyl groups excluding tert-OH is 1. The molecule has 0 bridgehead atoms. The first-order chi connectivity index (χ1) is 21.0. The van der Waals surface area contributed by atoms with Crippen molar-refractivity contribution in [1.82, 2.24) is 14.3 Å². The van der Waals surface area contributed by atoms with Crippen LogP contribution in [0.15, 0.2) is 89.9 Å². The SMILES string of the molecule is COc1ccc(-c2nn(-c3ccccc3)cc2-c2cc(-c3ccccc3)n(CCOCCO)c(=O)c2C#N)c(O)c1OC. The van der Waals surface area contributed by atoms with Crippen LogP contribution in [-0.2, 0) is 11.3 Å². The third-order valence-corrected chi connectivity index (χ3v) is 6.98. The van der Waals surface area contributed by atoms with Gasteiger partial charge in [-0.05, 0) is 35.9 Å². The van der Waals surface area contributed by atoms with Gasteiger partial charge in [0.2, 0.25) is 5.75 Å². The molecule has 0 radical (unpaired) electrons. The van der Waals surface area contributed by atoms with Gasteiger partial charge in [-0.15, -0.1) is 0 Å². The number of methoxy groups -OCH3 is 2. The number of hydrogen-bond donors (Lipinski definition) is 2. The van der Waals surface area contributed by atoms with E-state index in [-0.39, 0.29) is 43.4 Å². The van der Waals surface area contributed by atoms with Crippen molar-refractivity contribution < 1.29 is 24.4 Å². The Morgan fingerprint density at radius 1 is 0.907 bits per heavy atom. The van der Waals surface area contributed by atoms with Crippen LogP contribution in [0.25, 0.3) is 39.3 Å². The van der Waals surface area contributed by atoms with E-state index in [1.807, 2.05) is 60.7 Å². The average Bonchev–Trinajstić information content (AvgIpc) is 3.49. The maximum atomic E-state index is 13.9. The Morgan fingerprint density at radius 3 is 2.28 bits per heavy atom. The largest absolute Gasteiger partial charge is 0.504 e. The second-order valence-electron chi connectivity index (χ2n) is 9.46. The fourth-order valence-corrected chi connectivity index (χ4v) is 4.94. The Bertz CT molecular complexity index is 1820. The second-order valence-corrected chi connectivity index (χ2v) is 9.46. The summed E-state index contributed by atoms with van der Waals surface area (Å²) in [5.74, 6) is 0.268. The van der Waals surface area contributed by atoms with Crippen LogP contribution in [-0.4, -0.2) is 58.6 Å². The van der Waals surface area contributed by atoms with E-state index in [2.05, 4.69) is 6.07 Å². The number of aliphatic hydroxyl groups is 1. The molecule has 2 aromatic heterocycles. The van der Waals surface area contributed by atoms with Crippen molar-refractivity contribution >= 4 is 0 Å². The molecule has 3 aromatic carbocycles. The van der Waals surface area contributed by atoms with E-state index in [9.17, 15) is 15.2 Å². The molecule has 2 heterocycles. The second kappa shape index (κ2) is 13.1. The van der Waals surface area contributed by atoms with Gasteiger partial charge in [-0.1, -0.05) is 48.5 Å². The summed E-state index contributed by atoms with van der Waals surface area (Å²) < 4.78 is 19.4. The van der Waals surface area contributed by atoms with Crippen LogP contribution in [0.4, 0.5) is 0 Å². The topological polar surface area (TPSA) is 132 Å². The van der Waals surface area contributed by atoms with Gasteiger partial charge in [0.15, 0.2) is 11.5 Å². The number of benzene rings is 3. The quantitative estimate of drug-likeness (QED) is 0.217. The molecule has 2 N–H and O–H groups in total. The first-order valence-electron chi connectivity index (χ1n) is 13.5. The van der Waals surface area contributed by atoms with E-state index >= 15 is 0 Å². The van der Waals surface area contributed by atoms with E-state index in [4.69, 9.17) is 24.4 Å². The number of phenols is 1. The summed E-state index contributed by atoms with van der Waals surface area (Å²) in [4.78, 5) is 13.9. The maximum Gasteiger partial charge on any atom is 0.269 e. The van der Waals surface area contributed by atoms with Gasteiger partial charge in [0, 0.05) is 29.4 Å². The molecule has 43 heavy (non-hydrogen) atoms. The number of nitrogens with zero attached hydrogens (tertiary/aromatic N) is 4. The molecule has 0 fully saturated rings. The highest BCUT2D eigenvalue weighted by Gasteiger charge is 2.25. The van der Waals surface area contributed by atoms with Crippen molar-refractivity contribution in [2.75, 3.05) is 34.0 Å². The molecule has 5 rings (SSSR count).